The Morgan fingerprint density at radius 1 is 0.857 bits per heavy atom. The number of hydrogen-bond acceptors (Lipinski definition) is 4. The fourth-order valence-electron chi connectivity index (χ4n) is 4.30. The number of carbonyl (C=O) groups excluding carboxylic acids is 1. The Bertz CT molecular complexity index is 1060. The fourth-order valence-corrected chi connectivity index (χ4v) is 5.30. The molecular formula is C31H39NO2S. The zero-order valence-corrected chi connectivity index (χ0v) is 22.7. The van der Waals surface area contributed by atoms with Crippen LogP contribution < -0.4 is 0 Å². The molecule has 0 aliphatic carbocycles. The number of carbonyl (C=O) groups is 1. The molecule has 0 saturated carbocycles. The molecule has 0 spiro atoms. The predicted octanol–water partition coefficient (Wildman–Crippen LogP) is 8.22. The molecule has 2 atom stereocenters. The van der Waals surface area contributed by atoms with Gasteiger partial charge in [-0.1, -0.05) is 92.7 Å². The van der Waals surface area contributed by atoms with Crippen molar-refractivity contribution in [1.82, 2.24) is 4.90 Å². The highest BCUT2D eigenvalue weighted by Crippen LogP contribution is 2.40. The molecular weight excluding hydrogens is 450 g/mol. The second kappa shape index (κ2) is 12.4. The Morgan fingerprint density at radius 2 is 1.43 bits per heavy atom. The molecule has 0 heterocycles. The second-order valence-corrected chi connectivity index (χ2v) is 11.9. The van der Waals surface area contributed by atoms with E-state index < -0.39 is 5.60 Å². The van der Waals surface area contributed by atoms with Gasteiger partial charge in [0.15, 0.2) is 0 Å². The summed E-state index contributed by atoms with van der Waals surface area (Å²) < 4.78 is 5.82. The Labute approximate surface area is 215 Å². The van der Waals surface area contributed by atoms with Crippen LogP contribution in [0.15, 0.2) is 89.8 Å². The van der Waals surface area contributed by atoms with Crippen LogP contribution in [-0.4, -0.2) is 21.7 Å². The maximum atomic E-state index is 13.2. The summed E-state index contributed by atoms with van der Waals surface area (Å²) >= 11 is 1.85. The number of esters is 1. The van der Waals surface area contributed by atoms with E-state index in [1.165, 1.54) is 21.6 Å². The molecule has 0 bridgehead atoms. The summed E-state index contributed by atoms with van der Waals surface area (Å²) in [5.41, 5.74) is 3.10. The van der Waals surface area contributed by atoms with E-state index in [0.717, 1.165) is 6.54 Å². The number of thioether (sulfide) groups is 1. The zero-order chi connectivity index (χ0) is 25.4. The van der Waals surface area contributed by atoms with Crippen LogP contribution in [0.2, 0.25) is 0 Å². The number of benzene rings is 3. The Morgan fingerprint density at radius 3 is 2.03 bits per heavy atom. The molecule has 0 fully saturated rings. The second-order valence-electron chi connectivity index (χ2n) is 10.3. The molecule has 0 aliphatic rings. The van der Waals surface area contributed by atoms with Gasteiger partial charge in [-0.15, -0.1) is 11.8 Å². The zero-order valence-electron chi connectivity index (χ0n) is 21.9. The van der Waals surface area contributed by atoms with Gasteiger partial charge in [0.05, 0.1) is 6.42 Å². The van der Waals surface area contributed by atoms with Crippen molar-refractivity contribution in [2.75, 3.05) is 0 Å². The number of nitrogens with zero attached hydrogens (tertiary/aromatic N) is 1. The molecule has 0 radical (unpaired) electrons. The summed E-state index contributed by atoms with van der Waals surface area (Å²) in [5, 5.41) is 0.437. The molecule has 3 aromatic carbocycles. The van der Waals surface area contributed by atoms with Crippen LogP contribution in [0.4, 0.5) is 0 Å². The smallest absolute Gasteiger partial charge is 0.308 e. The topological polar surface area (TPSA) is 29.5 Å². The first-order valence-electron chi connectivity index (χ1n) is 12.5. The minimum atomic E-state index is -0.525. The maximum Gasteiger partial charge on any atom is 0.308 e. The lowest BCUT2D eigenvalue weighted by atomic mass is 9.96. The third-order valence-corrected chi connectivity index (χ3v) is 6.91. The molecule has 0 N–H and O–H groups in total. The average molecular weight is 490 g/mol. The van der Waals surface area contributed by atoms with Crippen molar-refractivity contribution in [2.45, 2.75) is 82.3 Å². The van der Waals surface area contributed by atoms with Gasteiger partial charge in [-0.2, -0.15) is 0 Å². The van der Waals surface area contributed by atoms with Crippen molar-refractivity contribution in [1.29, 1.82) is 0 Å². The highest BCUT2D eigenvalue weighted by atomic mass is 32.2. The van der Waals surface area contributed by atoms with Crippen molar-refractivity contribution >= 4 is 17.7 Å². The van der Waals surface area contributed by atoms with Crippen LogP contribution in [-0.2, 0) is 16.1 Å². The molecule has 186 valence electrons. The van der Waals surface area contributed by atoms with Gasteiger partial charge in [0.25, 0.3) is 0 Å². The minimum Gasteiger partial charge on any atom is -0.460 e. The monoisotopic (exact) mass is 489 g/mol. The van der Waals surface area contributed by atoms with E-state index in [2.05, 4.69) is 98.5 Å². The minimum absolute atomic E-state index is 0.0981. The van der Waals surface area contributed by atoms with Gasteiger partial charge < -0.3 is 4.74 Å². The predicted molar refractivity (Wildman–Crippen MR) is 147 cm³/mol. The molecule has 3 nitrogen and oxygen atoms in total. The number of rotatable bonds is 10. The standard InChI is InChI=1S/C31H39NO2S/c1-23(2)35-29-20-14-13-19-27(29)28(21-30(33)34-31(4,5)6)32(22-25-15-9-7-10-16-25)24(3)26-17-11-8-12-18-26/h7-20,23-24,28H,21-22H2,1-6H3/t24-,28?/m0/s1. The molecule has 3 aromatic rings. The summed E-state index contributed by atoms with van der Waals surface area (Å²) in [4.78, 5) is 16.9. The normalized spacial score (nSPS) is 13.6. The molecule has 4 heteroatoms. The van der Waals surface area contributed by atoms with Gasteiger partial charge in [0.1, 0.15) is 5.60 Å². The highest BCUT2D eigenvalue weighted by molar-refractivity contribution is 8.00. The van der Waals surface area contributed by atoms with Gasteiger partial charge in [0.2, 0.25) is 0 Å². The van der Waals surface area contributed by atoms with Gasteiger partial charge in [0, 0.05) is 28.8 Å². The van der Waals surface area contributed by atoms with Crippen molar-refractivity contribution in [2.24, 2.45) is 0 Å². The molecule has 0 saturated heterocycles. The van der Waals surface area contributed by atoms with Crippen LogP contribution in [0, 0.1) is 0 Å². The van der Waals surface area contributed by atoms with E-state index in [4.69, 9.17) is 4.74 Å². The molecule has 1 unspecified atom stereocenters. The third kappa shape index (κ3) is 8.26. The van der Waals surface area contributed by atoms with Crippen LogP contribution in [0.25, 0.3) is 0 Å². The number of ether oxygens (including phenoxy) is 1. The largest absolute Gasteiger partial charge is 0.460 e. The van der Waals surface area contributed by atoms with Crippen molar-refractivity contribution in [3.63, 3.8) is 0 Å². The SMILES string of the molecule is CC(C)Sc1ccccc1C(CC(=O)OC(C)(C)C)N(Cc1ccccc1)[C@@H](C)c1ccccc1. The summed E-state index contributed by atoms with van der Waals surface area (Å²) in [6, 6.07) is 29.5. The molecule has 0 aliphatic heterocycles. The lowest BCUT2D eigenvalue weighted by Gasteiger charge is -2.38. The van der Waals surface area contributed by atoms with Gasteiger partial charge in [-0.05, 0) is 50.5 Å². The van der Waals surface area contributed by atoms with Gasteiger partial charge in [-0.3, -0.25) is 9.69 Å². The first-order valence-corrected chi connectivity index (χ1v) is 13.3. The van der Waals surface area contributed by atoms with Crippen LogP contribution in [0.5, 0.6) is 0 Å². The fraction of sp³-hybridized carbons (Fsp3) is 0.387. The van der Waals surface area contributed by atoms with E-state index in [9.17, 15) is 4.79 Å². The molecule has 0 amide bonds. The molecule has 3 rings (SSSR count). The molecule has 0 aromatic heterocycles. The first-order chi connectivity index (χ1) is 16.6. The Balaban J connectivity index is 2.10. The van der Waals surface area contributed by atoms with E-state index in [1.54, 1.807) is 0 Å². The van der Waals surface area contributed by atoms with Crippen LogP contribution in [0.3, 0.4) is 0 Å². The maximum absolute atomic E-state index is 13.2. The van der Waals surface area contributed by atoms with E-state index in [-0.39, 0.29) is 24.5 Å². The van der Waals surface area contributed by atoms with Gasteiger partial charge in [-0.25, -0.2) is 0 Å². The van der Waals surface area contributed by atoms with Crippen molar-refractivity contribution < 1.29 is 9.53 Å². The van der Waals surface area contributed by atoms with Crippen LogP contribution >= 0.6 is 11.8 Å². The van der Waals surface area contributed by atoms with E-state index >= 15 is 0 Å². The highest BCUT2D eigenvalue weighted by Gasteiger charge is 2.31. The first kappa shape index (κ1) is 27.0. The lowest BCUT2D eigenvalue weighted by Crippen LogP contribution is -2.34. The van der Waals surface area contributed by atoms with Crippen molar-refractivity contribution in [3.8, 4) is 0 Å². The summed E-state index contributed by atoms with van der Waals surface area (Å²) in [6.07, 6.45) is 0.289. The summed E-state index contributed by atoms with van der Waals surface area (Å²) in [5.74, 6) is -0.176. The lowest BCUT2D eigenvalue weighted by molar-refractivity contribution is -0.156. The summed E-state index contributed by atoms with van der Waals surface area (Å²) in [6.45, 7) is 13.2. The average Bonchev–Trinajstić information content (AvgIpc) is 2.81. The Hall–Kier alpha value is -2.56. The third-order valence-electron chi connectivity index (χ3n) is 5.81. The number of hydrogen-bond donors (Lipinski definition) is 0. The van der Waals surface area contributed by atoms with Crippen molar-refractivity contribution in [3.05, 3.63) is 102 Å². The van der Waals surface area contributed by atoms with Gasteiger partial charge >= 0.3 is 5.97 Å². The van der Waals surface area contributed by atoms with Crippen LogP contribution in [0.1, 0.15) is 76.7 Å². The summed E-state index contributed by atoms with van der Waals surface area (Å²) in [7, 11) is 0. The molecule has 35 heavy (non-hydrogen) atoms. The van der Waals surface area contributed by atoms with E-state index in [0.29, 0.717) is 5.25 Å². The Kier molecular flexibility index (Phi) is 9.59. The quantitative estimate of drug-likeness (QED) is 0.212. The van der Waals surface area contributed by atoms with E-state index in [1.807, 2.05) is 44.7 Å².